The molecule has 0 saturated carbocycles. The van der Waals surface area contributed by atoms with Crippen molar-refractivity contribution in [2.45, 2.75) is 46.5 Å². The highest BCUT2D eigenvalue weighted by atomic mass is 16.4. The number of nitrogens with two attached hydrogens (primary N) is 1. The number of rotatable bonds is 10. The van der Waals surface area contributed by atoms with E-state index in [9.17, 15) is 0 Å². The third kappa shape index (κ3) is 6.81. The van der Waals surface area contributed by atoms with Crippen LogP contribution in [0.5, 0.6) is 0 Å². The number of hydrogen-bond acceptors (Lipinski definition) is 4. The second-order valence-electron chi connectivity index (χ2n) is 5.34. The minimum Gasteiger partial charge on any atom is -0.409 e. The molecule has 0 spiro atoms. The summed E-state index contributed by atoms with van der Waals surface area (Å²) in [4.78, 5) is 2.34. The van der Waals surface area contributed by atoms with Gasteiger partial charge in [0.25, 0.3) is 0 Å². The zero-order valence-corrected chi connectivity index (χ0v) is 12.0. The summed E-state index contributed by atoms with van der Waals surface area (Å²) in [6.07, 6.45) is 3.91. The summed E-state index contributed by atoms with van der Waals surface area (Å²) < 4.78 is 0. The Hall–Kier alpha value is -0.810. The van der Waals surface area contributed by atoms with Crippen molar-refractivity contribution in [3.63, 3.8) is 0 Å². The molecular formula is C13H29N3O2. The predicted molar refractivity (Wildman–Crippen MR) is 74.9 cm³/mol. The molecular weight excluding hydrogens is 230 g/mol. The van der Waals surface area contributed by atoms with E-state index in [2.05, 4.69) is 17.0 Å². The monoisotopic (exact) mass is 259 g/mol. The summed E-state index contributed by atoms with van der Waals surface area (Å²) >= 11 is 0. The number of hydrogen-bond donors (Lipinski definition) is 3. The average Bonchev–Trinajstić information content (AvgIpc) is 2.36. The van der Waals surface area contributed by atoms with Crippen molar-refractivity contribution < 1.29 is 10.3 Å². The Morgan fingerprint density at radius 1 is 1.22 bits per heavy atom. The fraction of sp³-hybridized carbons (Fsp3) is 0.923. The minimum atomic E-state index is -0.239. The average molecular weight is 259 g/mol. The third-order valence-electron chi connectivity index (χ3n) is 3.41. The van der Waals surface area contributed by atoms with E-state index < -0.39 is 0 Å². The van der Waals surface area contributed by atoms with Gasteiger partial charge in [0.05, 0.1) is 0 Å². The van der Waals surface area contributed by atoms with Gasteiger partial charge < -0.3 is 20.9 Å². The Balaban J connectivity index is 3.84. The number of aliphatic hydroxyl groups is 1. The molecule has 0 unspecified atom stereocenters. The van der Waals surface area contributed by atoms with E-state index in [0.29, 0.717) is 5.84 Å². The SMILES string of the molecule is CCN(CCCO)CCCCC(C)(C)C(N)=NO. The summed E-state index contributed by atoms with van der Waals surface area (Å²) in [7, 11) is 0. The first-order valence-electron chi connectivity index (χ1n) is 6.79. The van der Waals surface area contributed by atoms with E-state index >= 15 is 0 Å². The smallest absolute Gasteiger partial charge is 0.144 e. The Bertz CT molecular complexity index is 242. The van der Waals surface area contributed by atoms with Gasteiger partial charge in [-0.05, 0) is 32.4 Å². The van der Waals surface area contributed by atoms with Crippen molar-refractivity contribution in [2.24, 2.45) is 16.3 Å². The number of nitrogens with zero attached hydrogens (tertiary/aromatic N) is 2. The fourth-order valence-electron chi connectivity index (χ4n) is 1.89. The molecule has 4 N–H and O–H groups in total. The molecule has 0 aliphatic rings. The van der Waals surface area contributed by atoms with Gasteiger partial charge in [-0.3, -0.25) is 0 Å². The molecule has 0 atom stereocenters. The van der Waals surface area contributed by atoms with E-state index in [0.717, 1.165) is 45.3 Å². The topological polar surface area (TPSA) is 82.1 Å². The van der Waals surface area contributed by atoms with Gasteiger partial charge in [-0.25, -0.2) is 0 Å². The molecule has 0 aromatic rings. The molecule has 0 amide bonds. The summed E-state index contributed by atoms with van der Waals surface area (Å²) in [6.45, 7) is 9.39. The van der Waals surface area contributed by atoms with Crippen LogP contribution >= 0.6 is 0 Å². The number of amidine groups is 1. The number of unbranched alkanes of at least 4 members (excludes halogenated alkanes) is 1. The quantitative estimate of drug-likeness (QED) is 0.183. The van der Waals surface area contributed by atoms with Crippen molar-refractivity contribution in [1.29, 1.82) is 0 Å². The van der Waals surface area contributed by atoms with Crippen molar-refractivity contribution in [2.75, 3.05) is 26.2 Å². The Morgan fingerprint density at radius 3 is 2.33 bits per heavy atom. The predicted octanol–water partition coefficient (Wildman–Crippen LogP) is 1.63. The zero-order chi connectivity index (χ0) is 14.0. The van der Waals surface area contributed by atoms with Crippen LogP contribution < -0.4 is 5.73 Å². The van der Waals surface area contributed by atoms with E-state index in [4.69, 9.17) is 16.0 Å². The van der Waals surface area contributed by atoms with Crippen molar-refractivity contribution in [3.8, 4) is 0 Å². The largest absolute Gasteiger partial charge is 0.409 e. The molecule has 108 valence electrons. The lowest BCUT2D eigenvalue weighted by Gasteiger charge is -2.24. The van der Waals surface area contributed by atoms with Gasteiger partial charge in [0.15, 0.2) is 0 Å². The highest BCUT2D eigenvalue weighted by Crippen LogP contribution is 2.23. The van der Waals surface area contributed by atoms with Gasteiger partial charge in [-0.15, -0.1) is 0 Å². The van der Waals surface area contributed by atoms with E-state index in [1.165, 1.54) is 0 Å². The summed E-state index contributed by atoms with van der Waals surface area (Å²) in [5.74, 6) is 0.301. The van der Waals surface area contributed by atoms with Gasteiger partial charge in [-0.1, -0.05) is 32.3 Å². The maximum Gasteiger partial charge on any atom is 0.144 e. The molecule has 0 aromatic heterocycles. The minimum absolute atomic E-state index is 0.239. The molecule has 0 aliphatic heterocycles. The maximum absolute atomic E-state index is 8.80. The van der Waals surface area contributed by atoms with Crippen LogP contribution in [0.4, 0.5) is 0 Å². The van der Waals surface area contributed by atoms with E-state index in [1.54, 1.807) is 0 Å². The lowest BCUT2D eigenvalue weighted by atomic mass is 9.86. The molecule has 0 bridgehead atoms. The summed E-state index contributed by atoms with van der Waals surface area (Å²) in [6, 6.07) is 0. The first-order valence-corrected chi connectivity index (χ1v) is 6.79. The van der Waals surface area contributed by atoms with Crippen LogP contribution in [0.2, 0.25) is 0 Å². The number of aliphatic hydroxyl groups excluding tert-OH is 1. The lowest BCUT2D eigenvalue weighted by Crippen LogP contribution is -2.32. The molecule has 0 rings (SSSR count). The lowest BCUT2D eigenvalue weighted by molar-refractivity contribution is 0.225. The van der Waals surface area contributed by atoms with Gasteiger partial charge >= 0.3 is 0 Å². The summed E-state index contributed by atoms with van der Waals surface area (Å²) in [5, 5.41) is 20.6. The highest BCUT2D eigenvalue weighted by molar-refractivity contribution is 5.85. The van der Waals surface area contributed by atoms with Crippen molar-refractivity contribution in [3.05, 3.63) is 0 Å². The van der Waals surface area contributed by atoms with Crippen molar-refractivity contribution >= 4 is 5.84 Å². The van der Waals surface area contributed by atoms with Crippen LogP contribution in [0, 0.1) is 5.41 Å². The van der Waals surface area contributed by atoms with Crippen molar-refractivity contribution in [1.82, 2.24) is 4.90 Å². The molecule has 0 fully saturated rings. The van der Waals surface area contributed by atoms with Gasteiger partial charge in [0.2, 0.25) is 0 Å². The number of oxime groups is 1. The van der Waals surface area contributed by atoms with Crippen LogP contribution in [0.25, 0.3) is 0 Å². The normalized spacial score (nSPS) is 13.3. The highest BCUT2D eigenvalue weighted by Gasteiger charge is 2.22. The molecule has 0 saturated heterocycles. The molecule has 5 heteroatoms. The second-order valence-corrected chi connectivity index (χ2v) is 5.34. The first kappa shape index (κ1) is 17.2. The van der Waals surface area contributed by atoms with E-state index in [-0.39, 0.29) is 12.0 Å². The molecule has 0 heterocycles. The molecule has 0 aliphatic carbocycles. The fourth-order valence-corrected chi connectivity index (χ4v) is 1.89. The maximum atomic E-state index is 8.80. The van der Waals surface area contributed by atoms with Crippen LogP contribution in [-0.4, -0.2) is 47.3 Å². The molecule has 0 aromatic carbocycles. The first-order chi connectivity index (χ1) is 8.47. The third-order valence-corrected chi connectivity index (χ3v) is 3.41. The Labute approximate surface area is 111 Å². The Kier molecular flexibility index (Phi) is 8.75. The standard InChI is InChI=1S/C13H29N3O2/c1-4-16(10-7-11-17)9-6-5-8-13(2,3)12(14)15-18/h17-18H,4-11H2,1-3H3,(H2,14,15). The Morgan fingerprint density at radius 2 is 1.83 bits per heavy atom. The van der Waals surface area contributed by atoms with E-state index in [1.807, 2.05) is 13.8 Å². The molecule has 0 radical (unpaired) electrons. The molecule has 18 heavy (non-hydrogen) atoms. The van der Waals surface area contributed by atoms with Gasteiger partial charge in [-0.2, -0.15) is 0 Å². The van der Waals surface area contributed by atoms with Crippen LogP contribution in [0.15, 0.2) is 5.16 Å². The van der Waals surface area contributed by atoms with Gasteiger partial charge in [0, 0.05) is 18.6 Å². The van der Waals surface area contributed by atoms with Crippen LogP contribution in [-0.2, 0) is 0 Å². The van der Waals surface area contributed by atoms with Crippen LogP contribution in [0.3, 0.4) is 0 Å². The molecule has 5 nitrogen and oxygen atoms in total. The summed E-state index contributed by atoms with van der Waals surface area (Å²) in [5.41, 5.74) is 5.41. The zero-order valence-electron chi connectivity index (χ0n) is 12.0. The van der Waals surface area contributed by atoms with Gasteiger partial charge in [0.1, 0.15) is 5.84 Å². The second kappa shape index (κ2) is 9.16. The van der Waals surface area contributed by atoms with Crippen LogP contribution in [0.1, 0.15) is 46.5 Å².